The second-order valence-corrected chi connectivity index (χ2v) is 10.6. The minimum atomic E-state index is -3.79. The van der Waals surface area contributed by atoms with Crippen molar-refractivity contribution in [3.05, 3.63) is 66.0 Å². The van der Waals surface area contributed by atoms with Gasteiger partial charge in [0.05, 0.1) is 11.9 Å². The monoisotopic (exact) mass is 489 g/mol. The van der Waals surface area contributed by atoms with Crippen LogP contribution in [0, 0.1) is 5.82 Å². The number of nitrogens with one attached hydrogen (secondary N) is 1. The van der Waals surface area contributed by atoms with Crippen molar-refractivity contribution in [1.29, 1.82) is 0 Å². The fraction of sp³-hybridized carbons (Fsp3) is 0.440. The molecule has 0 saturated heterocycles. The summed E-state index contributed by atoms with van der Waals surface area (Å²) in [6, 6.07) is 13.5. The molecule has 0 spiro atoms. The molecule has 1 aliphatic rings. The first-order chi connectivity index (χ1) is 16.2. The lowest BCUT2D eigenvalue weighted by atomic mass is 9.95. The summed E-state index contributed by atoms with van der Waals surface area (Å²) in [6.45, 7) is 0.930. The van der Waals surface area contributed by atoms with E-state index in [-0.39, 0.29) is 24.1 Å². The second-order valence-electron chi connectivity index (χ2n) is 8.74. The topological polar surface area (TPSA) is 86.8 Å². The van der Waals surface area contributed by atoms with Gasteiger partial charge in [0.1, 0.15) is 18.4 Å². The van der Waals surface area contributed by atoms with E-state index in [0.29, 0.717) is 5.69 Å². The van der Waals surface area contributed by atoms with Crippen molar-refractivity contribution in [2.75, 3.05) is 17.1 Å². The number of nitrogens with zero attached hydrogens (tertiary/aromatic N) is 2. The lowest BCUT2D eigenvalue weighted by Crippen LogP contribution is -2.53. The van der Waals surface area contributed by atoms with Gasteiger partial charge in [-0.05, 0) is 38.0 Å². The molecular formula is C25H32FN3O4S. The molecule has 9 heteroatoms. The predicted octanol–water partition coefficient (Wildman–Crippen LogP) is 3.46. The Labute approximate surface area is 201 Å². The van der Waals surface area contributed by atoms with Gasteiger partial charge in [-0.25, -0.2) is 12.8 Å². The van der Waals surface area contributed by atoms with Crippen LogP contribution in [0.15, 0.2) is 54.6 Å². The van der Waals surface area contributed by atoms with Crippen molar-refractivity contribution in [2.45, 2.75) is 57.7 Å². The molecule has 1 aliphatic carbocycles. The average Bonchev–Trinajstić information content (AvgIpc) is 2.82. The fourth-order valence-electron chi connectivity index (χ4n) is 4.17. The van der Waals surface area contributed by atoms with Crippen molar-refractivity contribution in [1.82, 2.24) is 10.2 Å². The molecule has 0 radical (unpaired) electrons. The molecule has 1 fully saturated rings. The van der Waals surface area contributed by atoms with Crippen LogP contribution in [0.2, 0.25) is 0 Å². The third kappa shape index (κ3) is 6.79. The van der Waals surface area contributed by atoms with Gasteiger partial charge in [-0.3, -0.25) is 13.9 Å². The Morgan fingerprint density at radius 1 is 1.03 bits per heavy atom. The van der Waals surface area contributed by atoms with E-state index < -0.39 is 34.3 Å². The smallest absolute Gasteiger partial charge is 0.244 e. The molecule has 1 N–H and O–H groups in total. The summed E-state index contributed by atoms with van der Waals surface area (Å²) in [5, 5.41) is 3.01. The van der Waals surface area contributed by atoms with Crippen LogP contribution < -0.4 is 9.62 Å². The number of amides is 2. The SMILES string of the molecule is C[C@H](C(=O)NC1CCCCC1)N(Cc1ccccc1F)C(=O)CN(c1ccccc1)S(C)(=O)=O. The zero-order chi connectivity index (χ0) is 24.7. The summed E-state index contributed by atoms with van der Waals surface area (Å²) in [5.41, 5.74) is 0.585. The number of hydrogen-bond acceptors (Lipinski definition) is 4. The van der Waals surface area contributed by atoms with E-state index in [1.54, 1.807) is 55.5 Å². The second kappa shape index (κ2) is 11.5. The highest BCUT2D eigenvalue weighted by Crippen LogP contribution is 2.20. The molecule has 2 amide bonds. The first kappa shape index (κ1) is 25.7. The highest BCUT2D eigenvalue weighted by molar-refractivity contribution is 7.92. The highest BCUT2D eigenvalue weighted by Gasteiger charge is 2.31. The fourth-order valence-corrected chi connectivity index (χ4v) is 5.02. The molecule has 7 nitrogen and oxygen atoms in total. The molecule has 34 heavy (non-hydrogen) atoms. The number of carbonyl (C=O) groups is 2. The summed E-state index contributed by atoms with van der Waals surface area (Å²) in [6.07, 6.45) is 6.01. The Kier molecular flexibility index (Phi) is 8.66. The molecule has 0 heterocycles. The third-order valence-electron chi connectivity index (χ3n) is 6.14. The minimum absolute atomic E-state index is 0.0472. The Hall–Kier alpha value is -2.94. The van der Waals surface area contributed by atoms with Crippen molar-refractivity contribution >= 4 is 27.5 Å². The molecular weight excluding hydrogens is 457 g/mol. The van der Waals surface area contributed by atoms with Crippen molar-refractivity contribution < 1.29 is 22.4 Å². The van der Waals surface area contributed by atoms with Crippen molar-refractivity contribution in [3.8, 4) is 0 Å². The minimum Gasteiger partial charge on any atom is -0.352 e. The van der Waals surface area contributed by atoms with Crippen LogP contribution in [0.3, 0.4) is 0 Å². The van der Waals surface area contributed by atoms with Crippen LogP contribution in [0.4, 0.5) is 10.1 Å². The van der Waals surface area contributed by atoms with Crippen LogP contribution in [-0.2, 0) is 26.2 Å². The van der Waals surface area contributed by atoms with Gasteiger partial charge in [0.25, 0.3) is 0 Å². The molecule has 184 valence electrons. The van der Waals surface area contributed by atoms with E-state index >= 15 is 0 Å². The number of carbonyl (C=O) groups excluding carboxylic acids is 2. The van der Waals surface area contributed by atoms with E-state index in [1.165, 1.54) is 11.0 Å². The molecule has 0 bridgehead atoms. The number of halogens is 1. The summed E-state index contributed by atoms with van der Waals surface area (Å²) in [4.78, 5) is 27.7. The zero-order valence-electron chi connectivity index (χ0n) is 19.6. The van der Waals surface area contributed by atoms with Gasteiger partial charge in [-0.2, -0.15) is 0 Å². The maximum atomic E-state index is 14.4. The Morgan fingerprint density at radius 3 is 2.26 bits per heavy atom. The Balaban J connectivity index is 1.86. The normalized spacial score (nSPS) is 15.4. The molecule has 2 aromatic rings. The van der Waals surface area contributed by atoms with Gasteiger partial charge in [-0.1, -0.05) is 55.7 Å². The quantitative estimate of drug-likeness (QED) is 0.585. The molecule has 1 saturated carbocycles. The van der Waals surface area contributed by atoms with Crippen molar-refractivity contribution in [3.63, 3.8) is 0 Å². The number of hydrogen-bond donors (Lipinski definition) is 1. The Bertz CT molecular complexity index is 1090. The molecule has 0 aromatic heterocycles. The molecule has 0 aliphatic heterocycles. The largest absolute Gasteiger partial charge is 0.352 e. The van der Waals surface area contributed by atoms with Gasteiger partial charge in [0, 0.05) is 18.2 Å². The van der Waals surface area contributed by atoms with E-state index in [1.807, 2.05) is 0 Å². The van der Waals surface area contributed by atoms with Crippen molar-refractivity contribution in [2.24, 2.45) is 0 Å². The number of benzene rings is 2. The van der Waals surface area contributed by atoms with E-state index in [4.69, 9.17) is 0 Å². The standard InChI is InChI=1S/C25H32FN3O4S/c1-19(25(31)27-21-12-5-3-6-13-21)28(17-20-11-9-10-16-23(20)26)24(30)18-29(34(2,32)33)22-14-7-4-8-15-22/h4,7-11,14-16,19,21H,3,5-6,12-13,17-18H2,1-2H3,(H,27,31)/t19-/m1/s1. The van der Waals surface area contributed by atoms with Gasteiger partial charge in [0.2, 0.25) is 21.8 Å². The maximum absolute atomic E-state index is 14.4. The van der Waals surface area contributed by atoms with Gasteiger partial charge >= 0.3 is 0 Å². The van der Waals surface area contributed by atoms with E-state index in [2.05, 4.69) is 5.32 Å². The van der Waals surface area contributed by atoms with Crippen LogP contribution in [0.25, 0.3) is 0 Å². The molecule has 2 aromatic carbocycles. The number of rotatable bonds is 9. The molecule has 0 unspecified atom stereocenters. The lowest BCUT2D eigenvalue weighted by molar-refractivity contribution is -0.139. The number of sulfonamides is 1. The van der Waals surface area contributed by atoms with E-state index in [9.17, 15) is 22.4 Å². The Morgan fingerprint density at radius 2 is 1.65 bits per heavy atom. The summed E-state index contributed by atoms with van der Waals surface area (Å²) >= 11 is 0. The predicted molar refractivity (Wildman–Crippen MR) is 130 cm³/mol. The van der Waals surface area contributed by atoms with Gasteiger partial charge in [-0.15, -0.1) is 0 Å². The van der Waals surface area contributed by atoms with Crippen LogP contribution >= 0.6 is 0 Å². The summed E-state index contributed by atoms with van der Waals surface area (Å²) < 4.78 is 40.4. The van der Waals surface area contributed by atoms with Gasteiger partial charge < -0.3 is 10.2 Å². The highest BCUT2D eigenvalue weighted by atomic mass is 32.2. The maximum Gasteiger partial charge on any atom is 0.244 e. The first-order valence-electron chi connectivity index (χ1n) is 11.5. The third-order valence-corrected chi connectivity index (χ3v) is 7.28. The number of para-hydroxylation sites is 1. The van der Waals surface area contributed by atoms with Crippen LogP contribution in [0.1, 0.15) is 44.6 Å². The number of anilines is 1. The summed E-state index contributed by atoms with van der Waals surface area (Å²) in [7, 11) is -3.79. The summed E-state index contributed by atoms with van der Waals surface area (Å²) in [5.74, 6) is -1.42. The van der Waals surface area contributed by atoms with E-state index in [0.717, 1.165) is 42.7 Å². The lowest BCUT2D eigenvalue weighted by Gasteiger charge is -2.33. The van der Waals surface area contributed by atoms with Gasteiger partial charge in [0.15, 0.2) is 0 Å². The van der Waals surface area contributed by atoms with Crippen LogP contribution in [0.5, 0.6) is 0 Å². The zero-order valence-corrected chi connectivity index (χ0v) is 20.4. The molecule has 1 atom stereocenters. The van der Waals surface area contributed by atoms with Crippen LogP contribution in [-0.4, -0.2) is 50.0 Å². The first-order valence-corrected chi connectivity index (χ1v) is 13.4. The molecule has 3 rings (SSSR count). The average molecular weight is 490 g/mol.